The van der Waals surface area contributed by atoms with E-state index in [1.165, 1.54) is 11.1 Å². The molecule has 0 saturated carbocycles. The predicted molar refractivity (Wildman–Crippen MR) is 100 cm³/mol. The maximum Gasteiger partial charge on any atom is 0.175 e. The molecule has 0 fully saturated rings. The summed E-state index contributed by atoms with van der Waals surface area (Å²) in [6, 6.07) is 9.50. The molecule has 0 saturated heterocycles. The van der Waals surface area contributed by atoms with Gasteiger partial charge in [-0.05, 0) is 55.4 Å². The number of thiocarbonyl (C=S) groups is 1. The second-order valence-electron chi connectivity index (χ2n) is 5.07. The van der Waals surface area contributed by atoms with E-state index in [-0.39, 0.29) is 0 Å². The van der Waals surface area contributed by atoms with Crippen LogP contribution in [0.3, 0.4) is 0 Å². The maximum absolute atomic E-state index is 6.16. The van der Waals surface area contributed by atoms with Crippen molar-refractivity contribution in [2.24, 2.45) is 0 Å². The number of halogens is 1. The summed E-state index contributed by atoms with van der Waals surface area (Å²) in [4.78, 5) is 0. The van der Waals surface area contributed by atoms with Gasteiger partial charge in [-0.25, -0.2) is 0 Å². The van der Waals surface area contributed by atoms with E-state index in [0.717, 1.165) is 5.69 Å². The zero-order valence-electron chi connectivity index (χ0n) is 13.5. The monoisotopic (exact) mass is 350 g/mol. The minimum Gasteiger partial charge on any atom is -0.495 e. The fraction of sp³-hybridized carbons (Fsp3) is 0.235. The van der Waals surface area contributed by atoms with Crippen LogP contribution >= 0.6 is 23.8 Å². The first kappa shape index (κ1) is 17.4. The van der Waals surface area contributed by atoms with E-state index in [2.05, 4.69) is 24.5 Å². The molecule has 2 N–H and O–H groups in total. The van der Waals surface area contributed by atoms with Crippen LogP contribution in [-0.2, 0) is 0 Å². The van der Waals surface area contributed by atoms with Crippen molar-refractivity contribution in [1.29, 1.82) is 0 Å². The summed E-state index contributed by atoms with van der Waals surface area (Å²) >= 11 is 11.5. The van der Waals surface area contributed by atoms with Crippen molar-refractivity contribution in [2.45, 2.75) is 13.8 Å². The van der Waals surface area contributed by atoms with Crippen molar-refractivity contribution in [3.05, 3.63) is 46.5 Å². The fourth-order valence-electron chi connectivity index (χ4n) is 2.06. The molecule has 122 valence electrons. The van der Waals surface area contributed by atoms with Crippen molar-refractivity contribution in [1.82, 2.24) is 0 Å². The first-order valence-electron chi connectivity index (χ1n) is 7.01. The van der Waals surface area contributed by atoms with Crippen molar-refractivity contribution >= 4 is 40.3 Å². The summed E-state index contributed by atoms with van der Waals surface area (Å²) in [7, 11) is 3.13. The number of ether oxygens (including phenoxy) is 2. The lowest BCUT2D eigenvalue weighted by Crippen LogP contribution is -2.19. The van der Waals surface area contributed by atoms with Gasteiger partial charge in [0.1, 0.15) is 11.5 Å². The van der Waals surface area contributed by atoms with Gasteiger partial charge in [0.05, 0.1) is 24.9 Å². The fourth-order valence-corrected chi connectivity index (χ4v) is 2.53. The summed E-state index contributed by atoms with van der Waals surface area (Å²) in [6.07, 6.45) is 0. The predicted octanol–water partition coefficient (Wildman–Crippen LogP) is 4.78. The number of hydrogen-bond acceptors (Lipinski definition) is 3. The van der Waals surface area contributed by atoms with Crippen LogP contribution in [-0.4, -0.2) is 19.3 Å². The molecule has 0 aliphatic heterocycles. The summed E-state index contributed by atoms with van der Waals surface area (Å²) in [5, 5.41) is 7.17. The zero-order chi connectivity index (χ0) is 17.0. The Morgan fingerprint density at radius 1 is 0.957 bits per heavy atom. The van der Waals surface area contributed by atoms with E-state index in [4.69, 9.17) is 33.3 Å². The van der Waals surface area contributed by atoms with Gasteiger partial charge in [-0.1, -0.05) is 17.7 Å². The highest BCUT2D eigenvalue weighted by Crippen LogP contribution is 2.35. The Balaban J connectivity index is 2.16. The molecule has 0 aliphatic carbocycles. The Hall–Kier alpha value is -1.98. The van der Waals surface area contributed by atoms with Crippen LogP contribution in [0.25, 0.3) is 0 Å². The van der Waals surface area contributed by atoms with E-state index in [9.17, 15) is 0 Å². The third-order valence-corrected chi connectivity index (χ3v) is 3.99. The van der Waals surface area contributed by atoms with Gasteiger partial charge in [0.25, 0.3) is 0 Å². The number of methoxy groups -OCH3 is 2. The lowest BCUT2D eigenvalue weighted by atomic mass is 10.1. The molecule has 0 spiro atoms. The largest absolute Gasteiger partial charge is 0.495 e. The molecule has 4 nitrogen and oxygen atoms in total. The molecule has 0 bridgehead atoms. The van der Waals surface area contributed by atoms with Crippen LogP contribution in [0.2, 0.25) is 5.02 Å². The van der Waals surface area contributed by atoms with Crippen LogP contribution < -0.4 is 20.1 Å². The quantitative estimate of drug-likeness (QED) is 0.776. The van der Waals surface area contributed by atoms with Gasteiger partial charge in [0.2, 0.25) is 0 Å². The Kier molecular flexibility index (Phi) is 5.69. The summed E-state index contributed by atoms with van der Waals surface area (Å²) in [5.74, 6) is 1.14. The molecule has 0 unspecified atom stereocenters. The maximum atomic E-state index is 6.16. The Morgan fingerprint density at radius 3 is 2.26 bits per heavy atom. The van der Waals surface area contributed by atoms with Gasteiger partial charge in [-0.3, -0.25) is 0 Å². The molecule has 2 aromatic rings. The highest BCUT2D eigenvalue weighted by atomic mass is 35.5. The number of benzene rings is 2. The lowest BCUT2D eigenvalue weighted by Gasteiger charge is -2.15. The van der Waals surface area contributed by atoms with Gasteiger partial charge in [-0.15, -0.1) is 0 Å². The average molecular weight is 351 g/mol. The molecule has 0 radical (unpaired) electrons. The SMILES string of the molecule is COc1cc(OC)c(NC(=S)Nc2ccc(C)c(C)c2)cc1Cl. The lowest BCUT2D eigenvalue weighted by molar-refractivity contribution is 0.396. The highest BCUT2D eigenvalue weighted by Gasteiger charge is 2.11. The van der Waals surface area contributed by atoms with Gasteiger partial charge in [0, 0.05) is 11.8 Å². The van der Waals surface area contributed by atoms with E-state index in [1.807, 2.05) is 18.2 Å². The minimum atomic E-state index is 0.452. The van der Waals surface area contributed by atoms with Crippen LogP contribution in [0.4, 0.5) is 11.4 Å². The summed E-state index contributed by atoms with van der Waals surface area (Å²) < 4.78 is 10.5. The third-order valence-electron chi connectivity index (χ3n) is 3.49. The van der Waals surface area contributed by atoms with E-state index < -0.39 is 0 Å². The molecule has 0 amide bonds. The molecule has 2 aromatic carbocycles. The number of hydrogen-bond donors (Lipinski definition) is 2. The minimum absolute atomic E-state index is 0.452. The number of anilines is 2. The van der Waals surface area contributed by atoms with E-state index in [1.54, 1.807) is 26.4 Å². The van der Waals surface area contributed by atoms with Crippen molar-refractivity contribution < 1.29 is 9.47 Å². The standard InChI is InChI=1S/C17H19ClN2O2S/c1-10-5-6-12(7-11(10)2)19-17(23)20-14-8-13(18)15(21-3)9-16(14)22-4/h5-9H,1-4H3,(H2,19,20,23). The van der Waals surface area contributed by atoms with Crippen molar-refractivity contribution in [2.75, 3.05) is 24.9 Å². The van der Waals surface area contributed by atoms with Crippen molar-refractivity contribution in [3.8, 4) is 11.5 Å². The molecular formula is C17H19ClN2O2S. The van der Waals surface area contributed by atoms with Crippen LogP contribution in [0.5, 0.6) is 11.5 Å². The van der Waals surface area contributed by atoms with Crippen molar-refractivity contribution in [3.63, 3.8) is 0 Å². The molecule has 2 rings (SSSR count). The molecular weight excluding hydrogens is 332 g/mol. The number of aryl methyl sites for hydroxylation is 2. The smallest absolute Gasteiger partial charge is 0.175 e. The zero-order valence-corrected chi connectivity index (χ0v) is 15.1. The first-order chi connectivity index (χ1) is 10.9. The van der Waals surface area contributed by atoms with Gasteiger partial charge < -0.3 is 20.1 Å². The number of nitrogens with one attached hydrogen (secondary N) is 2. The third kappa shape index (κ3) is 4.27. The summed E-state index contributed by atoms with van der Waals surface area (Å²) in [6.45, 7) is 4.13. The van der Waals surface area contributed by atoms with Gasteiger partial charge >= 0.3 is 0 Å². The first-order valence-corrected chi connectivity index (χ1v) is 7.80. The number of rotatable bonds is 4. The Morgan fingerprint density at radius 2 is 1.65 bits per heavy atom. The molecule has 0 aromatic heterocycles. The van der Waals surface area contributed by atoms with Gasteiger partial charge in [0.15, 0.2) is 5.11 Å². The Bertz CT molecular complexity index is 735. The molecule has 0 atom stereocenters. The second kappa shape index (κ2) is 7.53. The topological polar surface area (TPSA) is 42.5 Å². The highest BCUT2D eigenvalue weighted by molar-refractivity contribution is 7.80. The Labute approximate surface area is 146 Å². The molecule has 0 aliphatic rings. The normalized spacial score (nSPS) is 10.1. The molecule has 6 heteroatoms. The summed E-state index contributed by atoms with van der Waals surface area (Å²) in [5.41, 5.74) is 4.02. The molecule has 0 heterocycles. The van der Waals surface area contributed by atoms with Crippen LogP contribution in [0.15, 0.2) is 30.3 Å². The van der Waals surface area contributed by atoms with E-state index in [0.29, 0.717) is 27.3 Å². The van der Waals surface area contributed by atoms with E-state index >= 15 is 0 Å². The molecule has 23 heavy (non-hydrogen) atoms. The van der Waals surface area contributed by atoms with Gasteiger partial charge in [-0.2, -0.15) is 0 Å². The van der Waals surface area contributed by atoms with Crippen LogP contribution in [0.1, 0.15) is 11.1 Å². The van der Waals surface area contributed by atoms with Crippen LogP contribution in [0, 0.1) is 13.8 Å². The average Bonchev–Trinajstić information content (AvgIpc) is 2.51. The second-order valence-corrected chi connectivity index (χ2v) is 5.88.